The molecule has 5 heteroatoms. The van der Waals surface area contributed by atoms with Gasteiger partial charge in [-0.05, 0) is 5.41 Å². The van der Waals surface area contributed by atoms with Crippen LogP contribution >= 0.6 is 11.8 Å². The van der Waals surface area contributed by atoms with Crippen molar-refractivity contribution in [2.24, 2.45) is 5.10 Å². The molecule has 0 radical (unpaired) electrons. The molecule has 0 unspecified atom stereocenters. The number of carbonyl (C=O) groups is 1. The predicted octanol–water partition coefficient (Wildman–Crippen LogP) is 0.421. The van der Waals surface area contributed by atoms with E-state index >= 15 is 0 Å². The van der Waals surface area contributed by atoms with E-state index in [2.05, 4.69) is 10.5 Å². The summed E-state index contributed by atoms with van der Waals surface area (Å²) in [7, 11) is 0. The monoisotopic (exact) mass is 167 g/mol. The molecule has 2 rings (SSSR count). The minimum absolute atomic E-state index is 0.163. The van der Waals surface area contributed by atoms with Gasteiger partial charge in [0.15, 0.2) is 0 Å². The second-order valence-electron chi connectivity index (χ2n) is 2.02. The topological polar surface area (TPSA) is 44.7 Å². The third-order valence-corrected chi connectivity index (χ3v) is 1.98. The van der Waals surface area contributed by atoms with Crippen LogP contribution in [0.3, 0.4) is 0 Å². The molecule has 0 bridgehead atoms. The number of hydrogen-bond acceptors (Lipinski definition) is 4. The predicted molar refractivity (Wildman–Crippen MR) is 43.3 cm³/mol. The zero-order chi connectivity index (χ0) is 7.68. The molecule has 0 fully saturated rings. The number of rotatable bonds is 0. The zero-order valence-electron chi connectivity index (χ0n) is 5.52. The van der Waals surface area contributed by atoms with E-state index in [0.29, 0.717) is 5.70 Å². The van der Waals surface area contributed by atoms with Gasteiger partial charge in [-0.25, -0.2) is 5.43 Å². The van der Waals surface area contributed by atoms with Crippen molar-refractivity contribution >= 4 is 24.0 Å². The average Bonchev–Trinajstić information content (AvgIpc) is 2.06. The van der Waals surface area contributed by atoms with E-state index in [4.69, 9.17) is 0 Å². The van der Waals surface area contributed by atoms with E-state index in [1.165, 1.54) is 11.8 Å². The number of amides is 1. The number of fused-ring (bicyclic) bond motifs is 1. The Labute approximate surface area is 67.6 Å². The minimum atomic E-state index is -0.163. The number of thioether (sulfide) groups is 1. The van der Waals surface area contributed by atoms with Crippen LogP contribution in [0.15, 0.2) is 27.8 Å². The molecule has 56 valence electrons. The molecule has 2 heterocycles. The molecule has 1 amide bonds. The molecule has 0 saturated carbocycles. The maximum Gasteiger partial charge on any atom is 0.288 e. The van der Waals surface area contributed by atoms with Gasteiger partial charge in [-0.2, -0.15) is 5.10 Å². The van der Waals surface area contributed by atoms with Crippen LogP contribution in [0.25, 0.3) is 0 Å². The first kappa shape index (κ1) is 6.48. The SMILES string of the molecule is O=C1NN=CN2C=CSC=C12. The Kier molecular flexibility index (Phi) is 1.43. The molecule has 0 spiro atoms. The maximum absolute atomic E-state index is 11.0. The first-order valence-corrected chi connectivity index (χ1v) is 3.96. The second-order valence-corrected chi connectivity index (χ2v) is 2.80. The number of nitrogens with one attached hydrogen (secondary N) is 1. The molecule has 2 aliphatic heterocycles. The summed E-state index contributed by atoms with van der Waals surface area (Å²) in [6.07, 6.45) is 3.35. The average molecular weight is 167 g/mol. The van der Waals surface area contributed by atoms with Gasteiger partial charge < -0.3 is 4.90 Å². The Hall–Kier alpha value is -1.23. The summed E-state index contributed by atoms with van der Waals surface area (Å²) < 4.78 is 0. The van der Waals surface area contributed by atoms with Gasteiger partial charge in [-0.1, -0.05) is 0 Å². The van der Waals surface area contributed by atoms with E-state index < -0.39 is 0 Å². The van der Waals surface area contributed by atoms with Crippen molar-refractivity contribution in [3.63, 3.8) is 0 Å². The van der Waals surface area contributed by atoms with Gasteiger partial charge in [-0.3, -0.25) is 4.79 Å². The Morgan fingerprint density at radius 2 is 2.55 bits per heavy atom. The van der Waals surface area contributed by atoms with Crippen LogP contribution in [-0.2, 0) is 4.79 Å². The van der Waals surface area contributed by atoms with E-state index in [1.807, 2.05) is 5.41 Å². The largest absolute Gasteiger partial charge is 0.300 e. The molecule has 0 aliphatic carbocycles. The van der Waals surface area contributed by atoms with Crippen LogP contribution in [-0.4, -0.2) is 17.1 Å². The summed E-state index contributed by atoms with van der Waals surface area (Å²) in [4.78, 5) is 12.7. The lowest BCUT2D eigenvalue weighted by molar-refractivity contribution is -0.118. The van der Waals surface area contributed by atoms with Crippen molar-refractivity contribution < 1.29 is 4.79 Å². The molecule has 0 atom stereocenters. The van der Waals surface area contributed by atoms with Crippen LogP contribution < -0.4 is 5.43 Å². The molecule has 0 aromatic rings. The Morgan fingerprint density at radius 3 is 3.36 bits per heavy atom. The summed E-state index contributed by atoms with van der Waals surface area (Å²) in [6, 6.07) is 0. The maximum atomic E-state index is 11.0. The van der Waals surface area contributed by atoms with E-state index in [9.17, 15) is 4.79 Å². The number of hydrogen-bond donors (Lipinski definition) is 1. The fraction of sp³-hybridized carbons (Fsp3) is 0. The third-order valence-electron chi connectivity index (χ3n) is 1.34. The number of nitrogens with zero attached hydrogens (tertiary/aromatic N) is 2. The molecule has 0 saturated heterocycles. The first-order valence-electron chi connectivity index (χ1n) is 3.02. The third kappa shape index (κ3) is 1.03. The lowest BCUT2D eigenvalue weighted by atomic mass is 10.4. The molecule has 1 N–H and O–H groups in total. The van der Waals surface area contributed by atoms with Gasteiger partial charge in [-0.15, -0.1) is 11.8 Å². The van der Waals surface area contributed by atoms with E-state index in [0.717, 1.165) is 0 Å². The van der Waals surface area contributed by atoms with E-state index in [-0.39, 0.29) is 5.91 Å². The van der Waals surface area contributed by atoms with Crippen LogP contribution in [0, 0.1) is 0 Å². The van der Waals surface area contributed by atoms with E-state index in [1.54, 1.807) is 22.8 Å². The Morgan fingerprint density at radius 1 is 1.64 bits per heavy atom. The minimum Gasteiger partial charge on any atom is -0.300 e. The highest BCUT2D eigenvalue weighted by molar-refractivity contribution is 8.05. The highest BCUT2D eigenvalue weighted by Crippen LogP contribution is 2.19. The molecule has 0 aromatic carbocycles. The number of hydrazone groups is 1. The summed E-state index contributed by atoms with van der Waals surface area (Å²) in [5.41, 5.74) is 2.97. The normalized spacial score (nSPS) is 20.9. The fourth-order valence-corrected chi connectivity index (χ4v) is 1.46. The summed E-state index contributed by atoms with van der Waals surface area (Å²) >= 11 is 1.48. The molecular formula is C6H5N3OS. The van der Waals surface area contributed by atoms with Crippen molar-refractivity contribution in [1.82, 2.24) is 10.3 Å². The lowest BCUT2D eigenvalue weighted by Crippen LogP contribution is -2.35. The lowest BCUT2D eigenvalue weighted by Gasteiger charge is -2.22. The Bertz CT molecular complexity index is 282. The molecule has 2 aliphatic rings. The zero-order valence-corrected chi connectivity index (χ0v) is 6.34. The van der Waals surface area contributed by atoms with Gasteiger partial charge in [0.25, 0.3) is 5.91 Å². The molecule has 4 nitrogen and oxygen atoms in total. The molecule has 0 aromatic heterocycles. The summed E-state index contributed by atoms with van der Waals surface area (Å²) in [6.45, 7) is 0. The fourth-order valence-electron chi connectivity index (χ4n) is 0.824. The summed E-state index contributed by atoms with van der Waals surface area (Å²) in [5, 5.41) is 7.30. The van der Waals surface area contributed by atoms with Crippen LogP contribution in [0.2, 0.25) is 0 Å². The highest BCUT2D eigenvalue weighted by Gasteiger charge is 2.19. The van der Waals surface area contributed by atoms with Gasteiger partial charge >= 0.3 is 0 Å². The van der Waals surface area contributed by atoms with Gasteiger partial charge in [0.2, 0.25) is 0 Å². The second kappa shape index (κ2) is 2.43. The standard InChI is InChI=1S/C6H5N3OS/c10-6-5-3-11-2-1-9(5)4-7-8-6/h1-4H,(H,8,10). The van der Waals surface area contributed by atoms with Crippen LogP contribution in [0.5, 0.6) is 0 Å². The Balaban J connectivity index is 2.36. The molecule has 11 heavy (non-hydrogen) atoms. The van der Waals surface area contributed by atoms with Crippen molar-refractivity contribution in [2.75, 3.05) is 0 Å². The van der Waals surface area contributed by atoms with Crippen LogP contribution in [0.4, 0.5) is 0 Å². The van der Waals surface area contributed by atoms with Gasteiger partial charge in [0.1, 0.15) is 12.0 Å². The summed E-state index contributed by atoms with van der Waals surface area (Å²) in [5.74, 6) is -0.163. The van der Waals surface area contributed by atoms with Crippen molar-refractivity contribution in [1.29, 1.82) is 0 Å². The van der Waals surface area contributed by atoms with Crippen molar-refractivity contribution in [3.05, 3.63) is 22.7 Å². The van der Waals surface area contributed by atoms with Crippen molar-refractivity contribution in [2.45, 2.75) is 0 Å². The smallest absolute Gasteiger partial charge is 0.288 e. The quantitative estimate of drug-likeness (QED) is 0.568. The molecular weight excluding hydrogens is 162 g/mol. The van der Waals surface area contributed by atoms with Crippen molar-refractivity contribution in [3.8, 4) is 0 Å². The van der Waals surface area contributed by atoms with Gasteiger partial charge in [0, 0.05) is 11.6 Å². The van der Waals surface area contributed by atoms with Gasteiger partial charge in [0.05, 0.1) is 0 Å². The van der Waals surface area contributed by atoms with Crippen LogP contribution in [0.1, 0.15) is 0 Å². The first-order chi connectivity index (χ1) is 5.38. The highest BCUT2D eigenvalue weighted by atomic mass is 32.2. The number of carbonyl (C=O) groups excluding carboxylic acids is 1.